The van der Waals surface area contributed by atoms with Gasteiger partial charge in [0.1, 0.15) is 0 Å². The second kappa shape index (κ2) is 11.6. The minimum atomic E-state index is 0. The fourth-order valence-corrected chi connectivity index (χ4v) is 3.05. The third-order valence-corrected chi connectivity index (χ3v) is 4.41. The molecule has 7 heteroatoms. The van der Waals surface area contributed by atoms with Crippen molar-refractivity contribution in [3.63, 3.8) is 0 Å². The lowest BCUT2D eigenvalue weighted by atomic mass is 10.0. The highest BCUT2D eigenvalue weighted by Crippen LogP contribution is 2.15. The van der Waals surface area contributed by atoms with Gasteiger partial charge >= 0.3 is 0 Å². The first-order valence-electron chi connectivity index (χ1n) is 8.59. The van der Waals surface area contributed by atoms with Gasteiger partial charge in [0.25, 0.3) is 0 Å². The third kappa shape index (κ3) is 7.81. The number of rotatable bonds is 5. The number of aliphatic imine (C=N–C) groups is 1. The zero-order chi connectivity index (χ0) is 17.4. The van der Waals surface area contributed by atoms with E-state index in [1.54, 1.807) is 24.3 Å². The summed E-state index contributed by atoms with van der Waals surface area (Å²) in [6, 6.07) is 7.14. The molecule has 0 aromatic heterocycles. The Morgan fingerprint density at radius 3 is 2.72 bits per heavy atom. The second-order valence-corrected chi connectivity index (χ2v) is 6.76. The molecule has 2 N–H and O–H groups in total. The normalized spacial score (nSPS) is 17.6. The van der Waals surface area contributed by atoms with Gasteiger partial charge < -0.3 is 15.5 Å². The summed E-state index contributed by atoms with van der Waals surface area (Å²) in [6.45, 7) is 5.13. The number of amides is 1. The Bertz CT molecular complexity index is 565. The average Bonchev–Trinajstić information content (AvgIpc) is 2.57. The molecule has 1 aliphatic rings. The first-order valence-corrected chi connectivity index (χ1v) is 8.97. The Kier molecular flexibility index (Phi) is 10.2. The van der Waals surface area contributed by atoms with Gasteiger partial charge in [0.05, 0.1) is 0 Å². The Balaban J connectivity index is 0.00000312. The maximum absolute atomic E-state index is 11.9. The number of guanidine groups is 1. The van der Waals surface area contributed by atoms with Crippen LogP contribution in [-0.2, 0) is 4.79 Å². The van der Waals surface area contributed by atoms with Crippen LogP contribution in [0, 0.1) is 5.92 Å². The lowest BCUT2D eigenvalue weighted by Crippen LogP contribution is -2.46. The van der Waals surface area contributed by atoms with E-state index >= 15 is 0 Å². The zero-order valence-corrected chi connectivity index (χ0v) is 18.0. The fourth-order valence-electron chi connectivity index (χ4n) is 2.92. The van der Waals surface area contributed by atoms with Gasteiger partial charge in [-0.3, -0.25) is 9.79 Å². The average molecular weight is 479 g/mol. The van der Waals surface area contributed by atoms with Gasteiger partial charge in [0.2, 0.25) is 5.91 Å². The van der Waals surface area contributed by atoms with E-state index in [-0.39, 0.29) is 29.9 Å². The highest BCUT2D eigenvalue weighted by Gasteiger charge is 2.18. The van der Waals surface area contributed by atoms with Gasteiger partial charge in [-0.15, -0.1) is 24.0 Å². The maximum Gasteiger partial charge on any atom is 0.224 e. The number of hydrogen-bond acceptors (Lipinski definition) is 2. The standard InChI is InChI=1S/C18H27ClN4O.HI/c1-14-5-4-12-23(13-14)18(20-2)21-11-3-6-17(24)22-16-9-7-15(19)8-10-16;/h7-10,14H,3-6,11-13H2,1-2H3,(H,20,21)(H,22,24);1H. The van der Waals surface area contributed by atoms with Gasteiger partial charge in [-0.1, -0.05) is 18.5 Å². The van der Waals surface area contributed by atoms with Crippen LogP contribution in [0.3, 0.4) is 0 Å². The van der Waals surface area contributed by atoms with Gasteiger partial charge in [0, 0.05) is 43.8 Å². The number of carbonyl (C=O) groups is 1. The van der Waals surface area contributed by atoms with Crippen molar-refractivity contribution in [3.05, 3.63) is 29.3 Å². The Hall–Kier alpha value is -1.02. The summed E-state index contributed by atoms with van der Waals surface area (Å²) >= 11 is 5.83. The Morgan fingerprint density at radius 2 is 2.08 bits per heavy atom. The Morgan fingerprint density at radius 1 is 1.36 bits per heavy atom. The topological polar surface area (TPSA) is 56.7 Å². The molecule has 0 bridgehead atoms. The van der Waals surface area contributed by atoms with Crippen LogP contribution in [-0.4, -0.2) is 43.4 Å². The van der Waals surface area contributed by atoms with Crippen molar-refractivity contribution in [2.24, 2.45) is 10.9 Å². The third-order valence-electron chi connectivity index (χ3n) is 4.16. The predicted octanol–water partition coefficient (Wildman–Crippen LogP) is 3.98. The molecular formula is C18H28ClIN4O. The van der Waals surface area contributed by atoms with Crippen LogP contribution in [0.4, 0.5) is 5.69 Å². The molecule has 0 radical (unpaired) electrons. The number of nitrogens with zero attached hydrogens (tertiary/aromatic N) is 2. The summed E-state index contributed by atoms with van der Waals surface area (Å²) in [7, 11) is 1.81. The number of likely N-dealkylation sites (tertiary alicyclic amines) is 1. The summed E-state index contributed by atoms with van der Waals surface area (Å²) in [4.78, 5) is 18.6. The molecule has 140 valence electrons. The molecule has 1 atom stereocenters. The Labute approximate surface area is 172 Å². The van der Waals surface area contributed by atoms with Crippen molar-refractivity contribution in [1.82, 2.24) is 10.2 Å². The molecule has 25 heavy (non-hydrogen) atoms. The van der Waals surface area contributed by atoms with Crippen molar-refractivity contribution >= 4 is 53.1 Å². The van der Waals surface area contributed by atoms with Crippen LogP contribution in [0.25, 0.3) is 0 Å². The van der Waals surface area contributed by atoms with Crippen molar-refractivity contribution in [2.75, 3.05) is 32.0 Å². The monoisotopic (exact) mass is 478 g/mol. The van der Waals surface area contributed by atoms with Crippen molar-refractivity contribution in [2.45, 2.75) is 32.6 Å². The summed E-state index contributed by atoms with van der Waals surface area (Å²) < 4.78 is 0. The first-order chi connectivity index (χ1) is 11.6. The van der Waals surface area contributed by atoms with E-state index < -0.39 is 0 Å². The summed E-state index contributed by atoms with van der Waals surface area (Å²) in [6.07, 6.45) is 3.74. The smallest absolute Gasteiger partial charge is 0.224 e. The number of nitrogens with one attached hydrogen (secondary N) is 2. The maximum atomic E-state index is 11.9. The van der Waals surface area contributed by atoms with E-state index in [9.17, 15) is 4.79 Å². The number of hydrogen-bond donors (Lipinski definition) is 2. The number of piperidine rings is 1. The van der Waals surface area contributed by atoms with E-state index in [0.717, 1.165) is 37.7 Å². The number of anilines is 1. The van der Waals surface area contributed by atoms with Gasteiger partial charge in [-0.25, -0.2) is 0 Å². The van der Waals surface area contributed by atoms with Crippen LogP contribution in [0.15, 0.2) is 29.3 Å². The minimum Gasteiger partial charge on any atom is -0.356 e. The second-order valence-electron chi connectivity index (χ2n) is 6.33. The molecule has 1 saturated heterocycles. The molecule has 5 nitrogen and oxygen atoms in total. The highest BCUT2D eigenvalue weighted by atomic mass is 127. The van der Waals surface area contributed by atoms with Crippen molar-refractivity contribution < 1.29 is 4.79 Å². The lowest BCUT2D eigenvalue weighted by molar-refractivity contribution is -0.116. The van der Waals surface area contributed by atoms with E-state index in [0.29, 0.717) is 17.4 Å². The van der Waals surface area contributed by atoms with Gasteiger partial charge in [-0.05, 0) is 49.4 Å². The molecule has 1 heterocycles. The SMILES string of the molecule is CN=C(NCCCC(=O)Nc1ccc(Cl)cc1)N1CCCC(C)C1.I. The van der Waals surface area contributed by atoms with Crippen LogP contribution in [0.1, 0.15) is 32.6 Å². The van der Waals surface area contributed by atoms with Crippen molar-refractivity contribution in [3.8, 4) is 0 Å². The number of halogens is 2. The van der Waals surface area contributed by atoms with E-state index in [1.165, 1.54) is 12.8 Å². The fraction of sp³-hybridized carbons (Fsp3) is 0.556. The molecule has 0 spiro atoms. The minimum absolute atomic E-state index is 0. The van der Waals surface area contributed by atoms with Crippen LogP contribution < -0.4 is 10.6 Å². The summed E-state index contributed by atoms with van der Waals surface area (Å²) in [5.74, 6) is 1.67. The largest absolute Gasteiger partial charge is 0.356 e. The summed E-state index contributed by atoms with van der Waals surface area (Å²) in [5, 5.41) is 6.90. The molecule has 1 amide bonds. The molecule has 0 saturated carbocycles. The van der Waals surface area contributed by atoms with E-state index in [2.05, 4.69) is 27.4 Å². The van der Waals surface area contributed by atoms with Crippen LogP contribution in [0.5, 0.6) is 0 Å². The molecule has 0 aliphatic carbocycles. The van der Waals surface area contributed by atoms with E-state index in [1.807, 2.05) is 7.05 Å². The van der Waals surface area contributed by atoms with Crippen LogP contribution in [0.2, 0.25) is 5.02 Å². The molecule has 1 aliphatic heterocycles. The predicted molar refractivity (Wildman–Crippen MR) is 116 cm³/mol. The molecule has 1 unspecified atom stereocenters. The van der Waals surface area contributed by atoms with Crippen LogP contribution >= 0.6 is 35.6 Å². The summed E-state index contributed by atoms with van der Waals surface area (Å²) in [5.41, 5.74) is 0.774. The van der Waals surface area contributed by atoms with Crippen molar-refractivity contribution in [1.29, 1.82) is 0 Å². The first kappa shape index (κ1) is 22.0. The number of benzene rings is 1. The number of carbonyl (C=O) groups excluding carboxylic acids is 1. The van der Waals surface area contributed by atoms with Gasteiger partial charge in [0.15, 0.2) is 5.96 Å². The van der Waals surface area contributed by atoms with Gasteiger partial charge in [-0.2, -0.15) is 0 Å². The zero-order valence-electron chi connectivity index (χ0n) is 14.9. The lowest BCUT2D eigenvalue weighted by Gasteiger charge is -2.33. The van der Waals surface area contributed by atoms with E-state index in [4.69, 9.17) is 11.6 Å². The molecule has 1 aromatic rings. The molecular weight excluding hydrogens is 451 g/mol. The highest BCUT2D eigenvalue weighted by molar-refractivity contribution is 14.0. The molecule has 1 aromatic carbocycles. The quantitative estimate of drug-likeness (QED) is 0.291. The molecule has 1 fully saturated rings. The molecule has 2 rings (SSSR count).